The number of nitrogens with one attached hydrogen (secondary N) is 2. The summed E-state index contributed by atoms with van der Waals surface area (Å²) in [5.74, 6) is 1.12. The van der Waals surface area contributed by atoms with Crippen LogP contribution < -0.4 is 15.5 Å². The number of rotatable bonds is 7. The fourth-order valence-electron chi connectivity index (χ4n) is 3.33. The first-order valence-electron chi connectivity index (χ1n) is 9.66. The Bertz CT molecular complexity index is 1060. The van der Waals surface area contributed by atoms with E-state index in [4.69, 9.17) is 21.1 Å². The second-order valence-corrected chi connectivity index (χ2v) is 8.35. The molecule has 0 saturated carbocycles. The molecule has 2 aromatic carbocycles. The van der Waals surface area contributed by atoms with Crippen molar-refractivity contribution in [2.24, 2.45) is 0 Å². The minimum absolute atomic E-state index is 0.123. The molecule has 0 unspecified atom stereocenters. The van der Waals surface area contributed by atoms with Crippen LogP contribution in [0.25, 0.3) is 11.4 Å². The van der Waals surface area contributed by atoms with Gasteiger partial charge in [0.2, 0.25) is 11.1 Å². The van der Waals surface area contributed by atoms with Crippen molar-refractivity contribution in [1.29, 1.82) is 0 Å². The zero-order valence-corrected chi connectivity index (χ0v) is 18.6. The van der Waals surface area contributed by atoms with Gasteiger partial charge in [-0.25, -0.2) is 4.68 Å². The molecule has 31 heavy (non-hydrogen) atoms. The minimum Gasteiger partial charge on any atom is -0.495 e. The zero-order chi connectivity index (χ0) is 21.8. The van der Waals surface area contributed by atoms with Crippen LogP contribution in [0.5, 0.6) is 5.75 Å². The maximum atomic E-state index is 13.0. The number of halogens is 1. The molecule has 1 amide bonds. The van der Waals surface area contributed by atoms with Crippen LogP contribution in [0.15, 0.2) is 53.7 Å². The summed E-state index contributed by atoms with van der Waals surface area (Å²) in [5.41, 5.74) is 5.20. The summed E-state index contributed by atoms with van der Waals surface area (Å²) in [6.45, 7) is 0.856. The largest absolute Gasteiger partial charge is 0.495 e. The Morgan fingerprint density at radius 3 is 2.74 bits per heavy atom. The quantitative estimate of drug-likeness (QED) is 0.524. The van der Waals surface area contributed by atoms with Gasteiger partial charge in [0, 0.05) is 19.2 Å². The highest BCUT2D eigenvalue weighted by Crippen LogP contribution is 2.40. The molecule has 0 saturated heterocycles. The molecule has 0 spiro atoms. The molecular formula is C21H22ClN5O3S. The number of ether oxygens (including phenoxy) is 2. The molecule has 8 nitrogen and oxygen atoms in total. The normalized spacial score (nSPS) is 17.5. The number of aromatic nitrogens is 3. The van der Waals surface area contributed by atoms with Crippen LogP contribution in [0.3, 0.4) is 0 Å². The Morgan fingerprint density at radius 2 is 2.03 bits per heavy atom. The Kier molecular flexibility index (Phi) is 6.64. The Hall–Kier alpha value is -2.75. The summed E-state index contributed by atoms with van der Waals surface area (Å²) in [6, 6.07) is 14.9. The first-order valence-corrected chi connectivity index (χ1v) is 10.9. The van der Waals surface area contributed by atoms with Gasteiger partial charge in [0.05, 0.1) is 24.8 Å². The second kappa shape index (κ2) is 9.59. The average Bonchev–Trinajstić information content (AvgIpc) is 3.22. The number of carbonyl (C=O) groups excluding carboxylic acids is 1. The molecule has 2 atom stereocenters. The number of hydrogen-bond donors (Lipinski definition) is 2. The molecular weight excluding hydrogens is 438 g/mol. The Balaban J connectivity index is 1.70. The number of carbonyl (C=O) groups is 1. The van der Waals surface area contributed by atoms with E-state index < -0.39 is 5.25 Å². The van der Waals surface area contributed by atoms with Gasteiger partial charge in [0.1, 0.15) is 11.0 Å². The van der Waals surface area contributed by atoms with Crippen LogP contribution in [0.4, 0.5) is 0 Å². The molecule has 10 heteroatoms. The first-order chi connectivity index (χ1) is 15.1. The average molecular weight is 460 g/mol. The number of benzene rings is 2. The smallest absolute Gasteiger partial charge is 0.236 e. The van der Waals surface area contributed by atoms with Crippen LogP contribution in [0.2, 0.25) is 5.02 Å². The molecule has 162 valence electrons. The highest BCUT2D eigenvalue weighted by atomic mass is 35.5. The van der Waals surface area contributed by atoms with E-state index in [1.807, 2.05) is 47.1 Å². The van der Waals surface area contributed by atoms with Gasteiger partial charge in [0.15, 0.2) is 5.82 Å². The molecule has 3 aromatic rings. The summed E-state index contributed by atoms with van der Waals surface area (Å²) >= 11 is 7.73. The predicted molar refractivity (Wildman–Crippen MR) is 120 cm³/mol. The van der Waals surface area contributed by atoms with E-state index in [1.54, 1.807) is 20.3 Å². The maximum absolute atomic E-state index is 13.0. The van der Waals surface area contributed by atoms with Gasteiger partial charge < -0.3 is 20.2 Å². The number of methoxy groups -OCH3 is 2. The molecule has 4 rings (SSSR count). The summed E-state index contributed by atoms with van der Waals surface area (Å²) in [7, 11) is 3.16. The molecule has 1 aliphatic heterocycles. The van der Waals surface area contributed by atoms with Crippen molar-refractivity contribution in [1.82, 2.24) is 20.2 Å². The number of nitrogens with zero attached hydrogens (tertiary/aromatic N) is 3. The van der Waals surface area contributed by atoms with Crippen LogP contribution >= 0.6 is 23.4 Å². The van der Waals surface area contributed by atoms with Crippen LogP contribution in [-0.2, 0) is 9.53 Å². The van der Waals surface area contributed by atoms with Gasteiger partial charge in [-0.15, -0.1) is 10.2 Å². The molecule has 2 N–H and O–H groups in total. The van der Waals surface area contributed by atoms with Gasteiger partial charge in [-0.05, 0) is 17.7 Å². The third-order valence-corrected chi connectivity index (χ3v) is 6.38. The van der Waals surface area contributed by atoms with Crippen molar-refractivity contribution < 1.29 is 14.3 Å². The van der Waals surface area contributed by atoms with Gasteiger partial charge >= 0.3 is 0 Å². The second-order valence-electron chi connectivity index (χ2n) is 6.83. The molecule has 0 radical (unpaired) electrons. The third kappa shape index (κ3) is 4.48. The number of amides is 1. The summed E-state index contributed by atoms with van der Waals surface area (Å²) in [5, 5.41) is 12.2. The summed E-state index contributed by atoms with van der Waals surface area (Å²) in [6.07, 6.45) is 0. The highest BCUT2D eigenvalue weighted by molar-refractivity contribution is 8.00. The van der Waals surface area contributed by atoms with Crippen LogP contribution in [0.1, 0.15) is 11.6 Å². The van der Waals surface area contributed by atoms with Gasteiger partial charge in [-0.1, -0.05) is 59.8 Å². The van der Waals surface area contributed by atoms with Crippen molar-refractivity contribution in [3.63, 3.8) is 0 Å². The topological polar surface area (TPSA) is 90.3 Å². The Labute approximate surface area is 189 Å². The standard InChI is InChI=1S/C21H22ClN5O3S/c1-29-11-10-23-20(28)18-17(14-8-9-16(30-2)15(22)12-14)26-27-19(24-25-21(27)31-18)13-6-4-3-5-7-13/h3-9,12,17-18,26H,10-11H2,1-2H3,(H,23,28)/t17-,18+/m1/s1. The van der Waals surface area contributed by atoms with E-state index in [1.165, 1.54) is 11.8 Å². The predicted octanol–water partition coefficient (Wildman–Crippen LogP) is 3.13. The van der Waals surface area contributed by atoms with Crippen molar-refractivity contribution in [3.8, 4) is 17.1 Å². The van der Waals surface area contributed by atoms with E-state index in [2.05, 4.69) is 20.9 Å². The van der Waals surface area contributed by atoms with Crippen molar-refractivity contribution >= 4 is 29.3 Å². The van der Waals surface area contributed by atoms with Crippen molar-refractivity contribution in [2.75, 3.05) is 32.8 Å². The molecule has 1 aliphatic rings. The summed E-state index contributed by atoms with van der Waals surface area (Å²) < 4.78 is 12.1. The zero-order valence-electron chi connectivity index (χ0n) is 17.0. The number of hydrogen-bond acceptors (Lipinski definition) is 7. The molecule has 0 aliphatic carbocycles. The SMILES string of the molecule is COCCNC(=O)[C@H]1Sc2nnc(-c3ccccc3)n2N[C@@H]1c1ccc(OC)c(Cl)c1. The maximum Gasteiger partial charge on any atom is 0.236 e. The minimum atomic E-state index is -0.485. The number of fused-ring (bicyclic) bond motifs is 1. The van der Waals surface area contributed by atoms with E-state index in [0.29, 0.717) is 34.9 Å². The van der Waals surface area contributed by atoms with Crippen molar-refractivity contribution in [3.05, 3.63) is 59.1 Å². The van der Waals surface area contributed by atoms with Crippen molar-refractivity contribution in [2.45, 2.75) is 16.4 Å². The van der Waals surface area contributed by atoms with Gasteiger partial charge in [0.25, 0.3) is 0 Å². The lowest BCUT2D eigenvalue weighted by Gasteiger charge is -2.33. The fourth-order valence-corrected chi connectivity index (χ4v) is 4.70. The van der Waals surface area contributed by atoms with E-state index in [-0.39, 0.29) is 11.9 Å². The van der Waals surface area contributed by atoms with E-state index in [0.717, 1.165) is 11.1 Å². The van der Waals surface area contributed by atoms with E-state index in [9.17, 15) is 4.79 Å². The monoisotopic (exact) mass is 459 g/mol. The first kappa shape index (κ1) is 21.5. The molecule has 1 aromatic heterocycles. The fraction of sp³-hybridized carbons (Fsp3) is 0.286. The lowest BCUT2D eigenvalue weighted by atomic mass is 10.0. The molecule has 2 heterocycles. The van der Waals surface area contributed by atoms with Crippen LogP contribution in [0, 0.1) is 0 Å². The number of thioether (sulfide) groups is 1. The molecule has 0 fully saturated rings. The third-order valence-electron chi connectivity index (χ3n) is 4.87. The Morgan fingerprint density at radius 1 is 1.23 bits per heavy atom. The van der Waals surface area contributed by atoms with Gasteiger partial charge in [-0.2, -0.15) is 0 Å². The summed E-state index contributed by atoms with van der Waals surface area (Å²) in [4.78, 5) is 13.0. The van der Waals surface area contributed by atoms with Crippen LogP contribution in [-0.4, -0.2) is 53.4 Å². The lowest BCUT2D eigenvalue weighted by Crippen LogP contribution is -2.44. The highest BCUT2D eigenvalue weighted by Gasteiger charge is 2.38. The molecule has 0 bridgehead atoms. The lowest BCUT2D eigenvalue weighted by molar-refractivity contribution is -0.121. The van der Waals surface area contributed by atoms with E-state index >= 15 is 0 Å². The van der Waals surface area contributed by atoms with Gasteiger partial charge in [-0.3, -0.25) is 4.79 Å².